The second-order valence-corrected chi connectivity index (χ2v) is 4.59. The van der Waals surface area contributed by atoms with Gasteiger partial charge in [0.05, 0.1) is 12.3 Å². The number of rotatable bonds is 6. The van der Waals surface area contributed by atoms with Gasteiger partial charge < -0.3 is 11.5 Å². The summed E-state index contributed by atoms with van der Waals surface area (Å²) in [6, 6.07) is 0. The Hall–Kier alpha value is -0.660. The van der Waals surface area contributed by atoms with Gasteiger partial charge in [-0.25, -0.2) is 8.42 Å². The number of amides is 1. The molecule has 0 rings (SSSR count). The third-order valence-corrected chi connectivity index (χ3v) is 3.38. The van der Waals surface area contributed by atoms with Crippen molar-refractivity contribution < 1.29 is 13.2 Å². The van der Waals surface area contributed by atoms with E-state index >= 15 is 0 Å². The lowest BCUT2D eigenvalue weighted by molar-refractivity contribution is -0.118. The van der Waals surface area contributed by atoms with Gasteiger partial charge in [0.15, 0.2) is 0 Å². The summed E-state index contributed by atoms with van der Waals surface area (Å²) in [7, 11) is -3.41. The largest absolute Gasteiger partial charge is 0.369 e. The minimum absolute atomic E-state index is 0.0393. The van der Waals surface area contributed by atoms with Crippen molar-refractivity contribution in [3.63, 3.8) is 0 Å². The molecule has 0 aromatic carbocycles. The van der Waals surface area contributed by atoms with Gasteiger partial charge in [-0.3, -0.25) is 4.79 Å². The highest BCUT2D eigenvalue weighted by molar-refractivity contribution is 7.89. The zero-order valence-electron chi connectivity index (χ0n) is 7.56. The van der Waals surface area contributed by atoms with Crippen molar-refractivity contribution in [3.8, 4) is 0 Å². The van der Waals surface area contributed by atoms with E-state index in [4.69, 9.17) is 11.5 Å². The Morgan fingerprint density at radius 1 is 1.46 bits per heavy atom. The number of primary amides is 1. The number of nitrogens with two attached hydrogens (primary N) is 2. The molecule has 0 unspecified atom stereocenters. The highest BCUT2D eigenvalue weighted by Gasteiger charge is 2.20. The van der Waals surface area contributed by atoms with Crippen LogP contribution in [0.5, 0.6) is 0 Å². The molecule has 0 atom stereocenters. The lowest BCUT2D eigenvalue weighted by Crippen LogP contribution is -2.40. The van der Waals surface area contributed by atoms with E-state index in [1.807, 2.05) is 0 Å². The van der Waals surface area contributed by atoms with Crippen LogP contribution in [0.2, 0.25) is 0 Å². The molecule has 78 valence electrons. The second kappa shape index (κ2) is 5.15. The molecular weight excluding hydrogens is 194 g/mol. The van der Waals surface area contributed by atoms with E-state index in [0.717, 1.165) is 4.31 Å². The molecule has 1 amide bonds. The van der Waals surface area contributed by atoms with E-state index < -0.39 is 15.9 Å². The Kier molecular flexibility index (Phi) is 4.89. The Morgan fingerprint density at radius 3 is 2.31 bits per heavy atom. The standard InChI is InChI=1S/C6H15N3O3S/c1-2-9(5-6(8)10)13(11,12)4-3-7/h2-5,7H2,1H3,(H2,8,10). The Morgan fingerprint density at radius 2 is 2.00 bits per heavy atom. The summed E-state index contributed by atoms with van der Waals surface area (Å²) in [5.41, 5.74) is 10.0. The first-order chi connectivity index (χ1) is 5.94. The Balaban J connectivity index is 4.47. The fourth-order valence-electron chi connectivity index (χ4n) is 0.859. The lowest BCUT2D eigenvalue weighted by Gasteiger charge is -2.17. The van der Waals surface area contributed by atoms with Crippen molar-refractivity contribution in [1.82, 2.24) is 4.31 Å². The van der Waals surface area contributed by atoms with E-state index in [0.29, 0.717) is 0 Å². The first-order valence-corrected chi connectivity index (χ1v) is 5.51. The van der Waals surface area contributed by atoms with E-state index in [-0.39, 0.29) is 25.4 Å². The number of hydrogen-bond donors (Lipinski definition) is 2. The van der Waals surface area contributed by atoms with Gasteiger partial charge >= 0.3 is 0 Å². The van der Waals surface area contributed by atoms with Crippen LogP contribution in [-0.2, 0) is 14.8 Å². The predicted molar refractivity (Wildman–Crippen MR) is 49.3 cm³/mol. The highest BCUT2D eigenvalue weighted by Crippen LogP contribution is 1.99. The van der Waals surface area contributed by atoms with E-state index in [1.54, 1.807) is 6.92 Å². The average Bonchev–Trinajstić information content (AvgIpc) is 1.99. The van der Waals surface area contributed by atoms with Crippen LogP contribution < -0.4 is 11.5 Å². The van der Waals surface area contributed by atoms with Crippen LogP contribution in [0.1, 0.15) is 6.92 Å². The van der Waals surface area contributed by atoms with Gasteiger partial charge in [-0.1, -0.05) is 6.92 Å². The van der Waals surface area contributed by atoms with Gasteiger partial charge in [0, 0.05) is 13.1 Å². The minimum Gasteiger partial charge on any atom is -0.369 e. The maximum Gasteiger partial charge on any atom is 0.232 e. The van der Waals surface area contributed by atoms with Crippen molar-refractivity contribution in [2.45, 2.75) is 6.92 Å². The minimum atomic E-state index is -3.41. The predicted octanol–water partition coefficient (Wildman–Crippen LogP) is -1.92. The number of carbonyl (C=O) groups excluding carboxylic acids is 1. The van der Waals surface area contributed by atoms with Crippen molar-refractivity contribution >= 4 is 15.9 Å². The fraction of sp³-hybridized carbons (Fsp3) is 0.833. The van der Waals surface area contributed by atoms with Crippen LogP contribution in [0.15, 0.2) is 0 Å². The highest BCUT2D eigenvalue weighted by atomic mass is 32.2. The molecule has 7 heteroatoms. The molecule has 6 nitrogen and oxygen atoms in total. The Labute approximate surface area is 77.9 Å². The SMILES string of the molecule is CCN(CC(N)=O)S(=O)(=O)CCN. The summed E-state index contributed by atoms with van der Waals surface area (Å²) in [6.07, 6.45) is 0. The molecule has 0 bridgehead atoms. The summed E-state index contributed by atoms with van der Waals surface area (Å²) in [6.45, 7) is 1.62. The van der Waals surface area contributed by atoms with Crippen molar-refractivity contribution in [1.29, 1.82) is 0 Å². The zero-order chi connectivity index (χ0) is 10.5. The number of likely N-dealkylation sites (N-methyl/N-ethyl adjacent to an activating group) is 1. The molecule has 0 fully saturated rings. The second-order valence-electron chi connectivity index (χ2n) is 2.50. The lowest BCUT2D eigenvalue weighted by atomic mass is 10.6. The molecule has 13 heavy (non-hydrogen) atoms. The third kappa shape index (κ3) is 4.20. The molecule has 0 aromatic rings. The molecule has 0 aliphatic carbocycles. The molecule has 0 aliphatic rings. The molecule has 0 radical (unpaired) electrons. The molecule has 0 aromatic heterocycles. The number of hydrogen-bond acceptors (Lipinski definition) is 4. The maximum absolute atomic E-state index is 11.3. The molecule has 0 aliphatic heterocycles. The van der Waals surface area contributed by atoms with Gasteiger partial charge in [-0.05, 0) is 0 Å². The monoisotopic (exact) mass is 209 g/mol. The molecule has 0 saturated carbocycles. The fourth-order valence-corrected chi connectivity index (χ4v) is 2.13. The van der Waals surface area contributed by atoms with Crippen molar-refractivity contribution in [3.05, 3.63) is 0 Å². The number of nitrogens with zero attached hydrogens (tertiary/aromatic N) is 1. The van der Waals surface area contributed by atoms with E-state index in [9.17, 15) is 13.2 Å². The van der Waals surface area contributed by atoms with Gasteiger partial charge in [0.1, 0.15) is 0 Å². The van der Waals surface area contributed by atoms with E-state index in [2.05, 4.69) is 0 Å². The molecule has 0 saturated heterocycles. The average molecular weight is 209 g/mol. The van der Waals surface area contributed by atoms with Crippen LogP contribution >= 0.6 is 0 Å². The van der Waals surface area contributed by atoms with Crippen LogP contribution in [0.25, 0.3) is 0 Å². The maximum atomic E-state index is 11.3. The van der Waals surface area contributed by atoms with Crippen molar-refractivity contribution in [2.24, 2.45) is 11.5 Å². The third-order valence-electron chi connectivity index (χ3n) is 1.45. The molecule has 0 spiro atoms. The topological polar surface area (TPSA) is 106 Å². The van der Waals surface area contributed by atoms with Crippen LogP contribution in [0, 0.1) is 0 Å². The summed E-state index contributed by atoms with van der Waals surface area (Å²) < 4.78 is 23.7. The van der Waals surface area contributed by atoms with Crippen LogP contribution in [0.4, 0.5) is 0 Å². The molecular formula is C6H15N3O3S. The van der Waals surface area contributed by atoms with Gasteiger partial charge in [0.2, 0.25) is 15.9 Å². The summed E-state index contributed by atoms with van der Waals surface area (Å²) >= 11 is 0. The summed E-state index contributed by atoms with van der Waals surface area (Å²) in [4.78, 5) is 10.5. The number of sulfonamides is 1. The quantitative estimate of drug-likeness (QED) is 0.532. The first-order valence-electron chi connectivity index (χ1n) is 3.90. The normalized spacial score (nSPS) is 11.9. The van der Waals surface area contributed by atoms with E-state index in [1.165, 1.54) is 0 Å². The smallest absolute Gasteiger partial charge is 0.232 e. The summed E-state index contributed by atoms with van der Waals surface area (Å²) in [5.74, 6) is -0.823. The Bertz CT molecular complexity index is 262. The van der Waals surface area contributed by atoms with Gasteiger partial charge in [0.25, 0.3) is 0 Å². The first kappa shape index (κ1) is 12.3. The van der Waals surface area contributed by atoms with Crippen LogP contribution in [-0.4, -0.2) is 44.0 Å². The van der Waals surface area contributed by atoms with Crippen molar-refractivity contribution in [2.75, 3.05) is 25.4 Å². The summed E-state index contributed by atoms with van der Waals surface area (Å²) in [5, 5.41) is 0. The molecule has 0 heterocycles. The van der Waals surface area contributed by atoms with Gasteiger partial charge in [-0.15, -0.1) is 0 Å². The van der Waals surface area contributed by atoms with Crippen LogP contribution in [0.3, 0.4) is 0 Å². The zero-order valence-corrected chi connectivity index (χ0v) is 8.38. The molecule has 4 N–H and O–H groups in total. The number of carbonyl (C=O) groups is 1. The van der Waals surface area contributed by atoms with Gasteiger partial charge in [-0.2, -0.15) is 4.31 Å².